The maximum absolute atomic E-state index is 5.97. The molecule has 3 nitrogen and oxygen atoms in total. The van der Waals surface area contributed by atoms with Gasteiger partial charge < -0.3 is 11.1 Å². The topological polar surface area (TPSA) is 50.4 Å². The van der Waals surface area contributed by atoms with Crippen LogP contribution in [0.2, 0.25) is 0 Å². The van der Waals surface area contributed by atoms with Gasteiger partial charge in [-0.3, -0.25) is 0 Å². The third kappa shape index (κ3) is 5.33. The fourth-order valence-electron chi connectivity index (χ4n) is 2.12. The number of nitrogens with one attached hydrogen (secondary N) is 1. The molecular weight excluding hydrogens is 385 g/mol. The first-order valence-corrected chi connectivity index (χ1v) is 7.27. The van der Waals surface area contributed by atoms with Gasteiger partial charge in [0.25, 0.3) is 0 Å². The molecule has 0 amide bonds. The lowest BCUT2D eigenvalue weighted by Gasteiger charge is -2.10. The van der Waals surface area contributed by atoms with E-state index in [9.17, 15) is 0 Å². The Morgan fingerprint density at radius 3 is 2.55 bits per heavy atom. The molecular formula is C18H24IN3. The Hall–Kier alpha value is -1.56. The Morgan fingerprint density at radius 1 is 1.14 bits per heavy atom. The van der Waals surface area contributed by atoms with Gasteiger partial charge in [0.2, 0.25) is 0 Å². The highest BCUT2D eigenvalue weighted by Gasteiger charge is 2.01. The van der Waals surface area contributed by atoms with Crippen molar-refractivity contribution in [3.8, 4) is 0 Å². The molecule has 0 unspecified atom stereocenters. The first-order chi connectivity index (χ1) is 10.1. The Labute approximate surface area is 150 Å². The van der Waals surface area contributed by atoms with Crippen LogP contribution in [0.1, 0.15) is 36.5 Å². The van der Waals surface area contributed by atoms with Crippen molar-refractivity contribution < 1.29 is 0 Å². The van der Waals surface area contributed by atoms with Gasteiger partial charge in [-0.2, -0.15) is 0 Å². The number of hydrogen-bond donors (Lipinski definition) is 2. The molecule has 0 saturated heterocycles. The summed E-state index contributed by atoms with van der Waals surface area (Å²) < 4.78 is 0. The second-order valence-electron chi connectivity index (χ2n) is 5.53. The molecule has 0 aromatic heterocycles. The molecule has 2 aromatic carbocycles. The second kappa shape index (κ2) is 8.78. The van der Waals surface area contributed by atoms with Crippen molar-refractivity contribution in [1.29, 1.82) is 0 Å². The van der Waals surface area contributed by atoms with E-state index in [4.69, 9.17) is 5.73 Å². The number of benzene rings is 2. The first-order valence-electron chi connectivity index (χ1n) is 7.27. The lowest BCUT2D eigenvalue weighted by Crippen LogP contribution is -2.22. The molecule has 0 bridgehead atoms. The second-order valence-corrected chi connectivity index (χ2v) is 5.53. The van der Waals surface area contributed by atoms with E-state index >= 15 is 0 Å². The SMILES string of the molecule is Cc1ccccc1CN=C(N)Nc1cccc(C(C)C)c1.I. The fourth-order valence-corrected chi connectivity index (χ4v) is 2.12. The van der Waals surface area contributed by atoms with Crippen molar-refractivity contribution in [2.24, 2.45) is 10.7 Å². The summed E-state index contributed by atoms with van der Waals surface area (Å²) in [5, 5.41) is 3.15. The molecule has 0 radical (unpaired) electrons. The van der Waals surface area contributed by atoms with Crippen LogP contribution in [0.5, 0.6) is 0 Å². The van der Waals surface area contributed by atoms with Crippen LogP contribution < -0.4 is 11.1 Å². The Kier molecular flexibility index (Phi) is 7.38. The van der Waals surface area contributed by atoms with E-state index in [1.807, 2.05) is 24.3 Å². The summed E-state index contributed by atoms with van der Waals surface area (Å²) in [6, 6.07) is 16.5. The summed E-state index contributed by atoms with van der Waals surface area (Å²) in [6.45, 7) is 7.03. The van der Waals surface area contributed by atoms with Gasteiger partial charge >= 0.3 is 0 Å². The zero-order chi connectivity index (χ0) is 15.2. The minimum atomic E-state index is 0. The van der Waals surface area contributed by atoms with Crippen molar-refractivity contribution >= 4 is 35.6 Å². The van der Waals surface area contributed by atoms with Crippen LogP contribution in [0.15, 0.2) is 53.5 Å². The molecule has 2 aromatic rings. The summed E-state index contributed by atoms with van der Waals surface area (Å²) in [7, 11) is 0. The molecule has 118 valence electrons. The van der Waals surface area contributed by atoms with Gasteiger partial charge in [-0.05, 0) is 41.7 Å². The molecule has 0 aliphatic rings. The Morgan fingerprint density at radius 2 is 1.86 bits per heavy atom. The molecule has 22 heavy (non-hydrogen) atoms. The van der Waals surface area contributed by atoms with Crippen molar-refractivity contribution in [2.45, 2.75) is 33.2 Å². The fraction of sp³-hybridized carbons (Fsp3) is 0.278. The number of guanidine groups is 1. The zero-order valence-electron chi connectivity index (χ0n) is 13.3. The first kappa shape index (κ1) is 18.5. The van der Waals surface area contributed by atoms with Crippen LogP contribution in [0, 0.1) is 6.92 Å². The normalized spacial score (nSPS) is 11.2. The van der Waals surface area contributed by atoms with Gasteiger partial charge in [-0.15, -0.1) is 24.0 Å². The third-order valence-corrected chi connectivity index (χ3v) is 3.51. The van der Waals surface area contributed by atoms with E-state index in [2.05, 4.69) is 55.3 Å². The van der Waals surface area contributed by atoms with Crippen LogP contribution in [0.3, 0.4) is 0 Å². The van der Waals surface area contributed by atoms with Crippen LogP contribution in [-0.4, -0.2) is 5.96 Å². The average molecular weight is 409 g/mol. The van der Waals surface area contributed by atoms with Gasteiger partial charge in [0.05, 0.1) is 6.54 Å². The summed E-state index contributed by atoms with van der Waals surface area (Å²) in [6.07, 6.45) is 0. The molecule has 0 aliphatic carbocycles. The van der Waals surface area contributed by atoms with Gasteiger partial charge in [0, 0.05) is 5.69 Å². The maximum Gasteiger partial charge on any atom is 0.193 e. The molecule has 0 spiro atoms. The average Bonchev–Trinajstić information content (AvgIpc) is 2.46. The highest BCUT2D eigenvalue weighted by Crippen LogP contribution is 2.18. The molecule has 0 saturated carbocycles. The Bertz CT molecular complexity index is 636. The van der Waals surface area contributed by atoms with E-state index < -0.39 is 0 Å². The highest BCUT2D eigenvalue weighted by atomic mass is 127. The van der Waals surface area contributed by atoms with Crippen LogP contribution >= 0.6 is 24.0 Å². The van der Waals surface area contributed by atoms with Crippen molar-refractivity contribution in [3.63, 3.8) is 0 Å². The van der Waals surface area contributed by atoms with Crippen molar-refractivity contribution in [2.75, 3.05) is 5.32 Å². The monoisotopic (exact) mass is 409 g/mol. The van der Waals surface area contributed by atoms with E-state index in [-0.39, 0.29) is 24.0 Å². The number of nitrogens with two attached hydrogens (primary N) is 1. The standard InChI is InChI=1S/C18H23N3.HI/c1-13(2)15-9-6-10-17(11-15)21-18(19)20-12-16-8-5-4-7-14(16)3;/h4-11,13H,12H2,1-3H3,(H3,19,20,21);1H. The van der Waals surface area contributed by atoms with E-state index in [1.54, 1.807) is 0 Å². The largest absolute Gasteiger partial charge is 0.370 e. The van der Waals surface area contributed by atoms with Crippen LogP contribution in [-0.2, 0) is 6.54 Å². The third-order valence-electron chi connectivity index (χ3n) is 3.51. The number of aryl methyl sites for hydroxylation is 1. The number of hydrogen-bond acceptors (Lipinski definition) is 1. The van der Waals surface area contributed by atoms with Gasteiger partial charge in [-0.25, -0.2) is 4.99 Å². The molecule has 3 N–H and O–H groups in total. The minimum Gasteiger partial charge on any atom is -0.370 e. The predicted molar refractivity (Wildman–Crippen MR) is 106 cm³/mol. The van der Waals surface area contributed by atoms with Crippen LogP contribution in [0.25, 0.3) is 0 Å². The summed E-state index contributed by atoms with van der Waals surface area (Å²) in [5.41, 5.74) is 10.7. The molecule has 2 rings (SSSR count). The number of aliphatic imine (C=N–C) groups is 1. The van der Waals surface area contributed by atoms with E-state index in [1.165, 1.54) is 16.7 Å². The van der Waals surface area contributed by atoms with Gasteiger partial charge in [0.15, 0.2) is 5.96 Å². The lowest BCUT2D eigenvalue weighted by atomic mass is 10.0. The van der Waals surface area contributed by atoms with Crippen molar-refractivity contribution in [3.05, 3.63) is 65.2 Å². The van der Waals surface area contributed by atoms with E-state index in [0.717, 1.165) is 5.69 Å². The molecule has 0 atom stereocenters. The molecule has 0 fully saturated rings. The molecule has 0 aliphatic heterocycles. The zero-order valence-corrected chi connectivity index (χ0v) is 15.7. The quantitative estimate of drug-likeness (QED) is 0.438. The predicted octanol–water partition coefficient (Wildman–Crippen LogP) is 4.66. The summed E-state index contributed by atoms with van der Waals surface area (Å²) in [5.74, 6) is 0.941. The van der Waals surface area contributed by atoms with Crippen LogP contribution in [0.4, 0.5) is 5.69 Å². The molecule has 0 heterocycles. The van der Waals surface area contributed by atoms with E-state index in [0.29, 0.717) is 18.4 Å². The highest BCUT2D eigenvalue weighted by molar-refractivity contribution is 14.0. The Balaban J connectivity index is 0.00000242. The minimum absolute atomic E-state index is 0. The summed E-state index contributed by atoms with van der Waals surface area (Å²) >= 11 is 0. The summed E-state index contributed by atoms with van der Waals surface area (Å²) in [4.78, 5) is 4.41. The van der Waals surface area contributed by atoms with Gasteiger partial charge in [0.1, 0.15) is 0 Å². The number of anilines is 1. The lowest BCUT2D eigenvalue weighted by molar-refractivity contribution is 0.867. The van der Waals surface area contributed by atoms with Gasteiger partial charge in [-0.1, -0.05) is 50.2 Å². The number of halogens is 1. The maximum atomic E-state index is 5.97. The van der Waals surface area contributed by atoms with Crippen molar-refractivity contribution in [1.82, 2.24) is 0 Å². The smallest absolute Gasteiger partial charge is 0.193 e. The molecule has 4 heteroatoms. The number of nitrogens with zero attached hydrogens (tertiary/aromatic N) is 1. The number of rotatable bonds is 4.